The first-order valence-corrected chi connectivity index (χ1v) is 8.15. The summed E-state index contributed by atoms with van der Waals surface area (Å²) in [7, 11) is 0. The SMILES string of the molecule is Nc1[c]([K])cc(Br)c2c1C(=O)c1ccccc1C2=O. The van der Waals surface area contributed by atoms with Crippen molar-refractivity contribution in [3.63, 3.8) is 0 Å². The van der Waals surface area contributed by atoms with Crippen molar-refractivity contribution in [2.75, 3.05) is 5.73 Å². The molecule has 0 saturated heterocycles. The van der Waals surface area contributed by atoms with Crippen LogP contribution in [0.15, 0.2) is 34.8 Å². The van der Waals surface area contributed by atoms with Gasteiger partial charge in [0, 0.05) is 0 Å². The average Bonchev–Trinajstić information content (AvgIpc) is 2.40. The van der Waals surface area contributed by atoms with Gasteiger partial charge in [-0.15, -0.1) is 0 Å². The van der Waals surface area contributed by atoms with Crippen molar-refractivity contribution in [2.45, 2.75) is 0 Å². The van der Waals surface area contributed by atoms with Gasteiger partial charge in [-0.3, -0.25) is 0 Å². The van der Waals surface area contributed by atoms with E-state index < -0.39 is 0 Å². The van der Waals surface area contributed by atoms with E-state index in [1.165, 1.54) is 0 Å². The molecule has 0 aromatic heterocycles. The number of fused-ring (bicyclic) bond motifs is 2. The number of nitrogen functional groups attached to an aromatic ring is 1. The molecule has 2 aromatic carbocycles. The van der Waals surface area contributed by atoms with Crippen LogP contribution in [0.4, 0.5) is 5.69 Å². The van der Waals surface area contributed by atoms with Gasteiger partial charge in [0.05, 0.1) is 0 Å². The summed E-state index contributed by atoms with van der Waals surface area (Å²) in [5, 5.41) is 0. The third-order valence-corrected chi connectivity index (χ3v) is 5.31. The van der Waals surface area contributed by atoms with Gasteiger partial charge in [-0.1, -0.05) is 0 Å². The van der Waals surface area contributed by atoms with Gasteiger partial charge >= 0.3 is 154 Å². The Hall–Kier alpha value is -0.304. The van der Waals surface area contributed by atoms with Gasteiger partial charge in [0.2, 0.25) is 0 Å². The first-order chi connectivity index (χ1) is 9.02. The summed E-state index contributed by atoms with van der Waals surface area (Å²) in [4.78, 5) is 25.1. The molecule has 88 valence electrons. The van der Waals surface area contributed by atoms with Crippen molar-refractivity contribution in [3.8, 4) is 0 Å². The predicted octanol–water partition coefficient (Wildman–Crippen LogP) is 1.60. The number of hydrogen-bond donors (Lipinski definition) is 1. The molecule has 2 N–H and O–H groups in total. The van der Waals surface area contributed by atoms with Crippen LogP contribution in [-0.2, 0) is 0 Å². The molecule has 0 radical (unpaired) electrons. The van der Waals surface area contributed by atoms with Crippen LogP contribution in [0.1, 0.15) is 31.8 Å². The Morgan fingerprint density at radius 3 is 2.11 bits per heavy atom. The number of nitrogens with two attached hydrogens (primary N) is 1. The van der Waals surface area contributed by atoms with E-state index in [-0.39, 0.29) is 11.6 Å². The summed E-state index contributed by atoms with van der Waals surface area (Å²) in [5.74, 6) is -0.300. The molecule has 0 fully saturated rings. The zero-order chi connectivity index (χ0) is 13.7. The van der Waals surface area contributed by atoms with E-state index in [0.717, 1.165) is -0.342 Å². The van der Waals surface area contributed by atoms with Crippen LogP contribution in [0.3, 0.4) is 0 Å². The van der Waals surface area contributed by atoms with Crippen molar-refractivity contribution in [1.29, 1.82) is 0 Å². The molecule has 5 heteroatoms. The minimum atomic E-state index is -0.158. The van der Waals surface area contributed by atoms with Crippen molar-refractivity contribution >= 4 is 81.8 Å². The van der Waals surface area contributed by atoms with E-state index in [2.05, 4.69) is 15.9 Å². The molecule has 1 aliphatic rings. The summed E-state index contributed by atoms with van der Waals surface area (Å²) in [6.07, 6.45) is 0. The normalized spacial score (nSPS) is 13.2. The summed E-state index contributed by atoms with van der Waals surface area (Å²) >= 11 is 3.73. The molecule has 0 amide bonds. The molecule has 3 nitrogen and oxygen atoms in total. The Morgan fingerprint density at radius 1 is 1.00 bits per heavy atom. The van der Waals surface area contributed by atoms with Gasteiger partial charge in [0.15, 0.2) is 0 Å². The molecular formula is C14H7BrKNO2. The zero-order valence-electron chi connectivity index (χ0n) is 10.2. The van der Waals surface area contributed by atoms with Gasteiger partial charge in [-0.2, -0.15) is 0 Å². The number of carbonyl (C=O) groups excluding carboxylic acids is 2. The topological polar surface area (TPSA) is 60.2 Å². The number of carbonyl (C=O) groups is 2. The van der Waals surface area contributed by atoms with Crippen LogP contribution in [0.5, 0.6) is 0 Å². The fourth-order valence-corrected chi connectivity index (χ4v) is 4.62. The van der Waals surface area contributed by atoms with Crippen molar-refractivity contribution < 1.29 is 9.59 Å². The van der Waals surface area contributed by atoms with Gasteiger partial charge in [-0.25, -0.2) is 0 Å². The number of rotatable bonds is 0. The number of hydrogen-bond acceptors (Lipinski definition) is 3. The number of benzene rings is 2. The number of anilines is 1. The first-order valence-electron chi connectivity index (χ1n) is 5.79. The van der Waals surface area contributed by atoms with Crippen molar-refractivity contribution in [1.82, 2.24) is 0 Å². The predicted molar refractivity (Wildman–Crippen MR) is 77.2 cm³/mol. The average molecular weight is 340 g/mol. The fraction of sp³-hybridized carbons (Fsp3) is 0. The maximum absolute atomic E-state index is 12.5. The van der Waals surface area contributed by atoms with Crippen molar-refractivity contribution in [2.24, 2.45) is 0 Å². The van der Waals surface area contributed by atoms with Crippen LogP contribution in [0, 0.1) is 0 Å². The molecule has 0 spiro atoms. The molecule has 0 bridgehead atoms. The molecule has 2 aromatic rings. The number of halogens is 1. The molecule has 0 heterocycles. The van der Waals surface area contributed by atoms with Crippen LogP contribution in [-0.4, -0.2) is 60.5 Å². The first kappa shape index (κ1) is 13.7. The van der Waals surface area contributed by atoms with Crippen molar-refractivity contribution in [3.05, 3.63) is 57.1 Å². The summed E-state index contributed by atoms with van der Waals surface area (Å²) < 4.78 is 1.63. The molecule has 0 unspecified atom stereocenters. The van der Waals surface area contributed by atoms with Gasteiger partial charge < -0.3 is 0 Å². The second-order valence-corrected chi connectivity index (χ2v) is 7.08. The Kier molecular flexibility index (Phi) is 3.53. The second kappa shape index (κ2) is 4.91. The molecule has 0 aliphatic heterocycles. The van der Waals surface area contributed by atoms with Crippen LogP contribution in [0.25, 0.3) is 0 Å². The van der Waals surface area contributed by atoms with Gasteiger partial charge in [-0.05, 0) is 0 Å². The molecular weight excluding hydrogens is 333 g/mol. The summed E-state index contributed by atoms with van der Waals surface area (Å²) in [5.41, 5.74) is 8.15. The Labute approximate surface area is 152 Å². The minimum absolute atomic E-state index is 0.142. The third-order valence-electron chi connectivity index (χ3n) is 3.40. The summed E-state index contributed by atoms with van der Waals surface area (Å²) in [6.45, 7) is 0. The van der Waals surface area contributed by atoms with Crippen LogP contribution >= 0.6 is 15.9 Å². The van der Waals surface area contributed by atoms with Crippen LogP contribution in [0.2, 0.25) is 0 Å². The molecule has 19 heavy (non-hydrogen) atoms. The van der Waals surface area contributed by atoms with E-state index >= 15 is 0 Å². The quantitative estimate of drug-likeness (QED) is 0.500. The Balaban J connectivity index is 2.43. The number of ketones is 2. The summed E-state index contributed by atoms with van der Waals surface area (Å²) in [6, 6.07) is 8.73. The third kappa shape index (κ3) is 2.00. The molecule has 0 saturated carbocycles. The fourth-order valence-electron chi connectivity index (χ4n) is 2.40. The van der Waals surface area contributed by atoms with E-state index in [1.807, 2.05) is 6.07 Å². The molecule has 0 atom stereocenters. The maximum atomic E-state index is 12.5. The monoisotopic (exact) mass is 339 g/mol. The van der Waals surface area contributed by atoms with E-state index in [4.69, 9.17) is 5.73 Å². The Bertz CT molecular complexity index is 755. The van der Waals surface area contributed by atoms with Crippen LogP contribution < -0.4 is 5.39 Å². The second-order valence-electron chi connectivity index (χ2n) is 4.54. The standard InChI is InChI=1S/C14H7BrNO2.K/c15-9-5-6-10(16)12-11(9)13(17)7-3-1-2-4-8(7)14(12)18;/h1-5H,16H2;. The van der Waals surface area contributed by atoms with Gasteiger partial charge in [0.1, 0.15) is 0 Å². The van der Waals surface area contributed by atoms with E-state index in [1.54, 1.807) is 24.3 Å². The van der Waals surface area contributed by atoms with Gasteiger partial charge in [0.25, 0.3) is 0 Å². The molecule has 1 aliphatic carbocycles. The molecule has 3 rings (SSSR count). The zero-order valence-corrected chi connectivity index (χ0v) is 14.9. The van der Waals surface area contributed by atoms with E-state index in [0.29, 0.717) is 81.4 Å². The van der Waals surface area contributed by atoms with E-state index in [9.17, 15) is 9.59 Å². The Morgan fingerprint density at radius 2 is 1.53 bits per heavy atom.